The number of benzene rings is 3. The van der Waals surface area contributed by atoms with Gasteiger partial charge >= 0.3 is 0 Å². The Labute approximate surface area is 190 Å². The number of carbonyl (C=O) groups excluding carboxylic acids is 1. The average Bonchev–Trinajstić information content (AvgIpc) is 2.81. The number of β-lactam (4-membered cyclic amide) rings is 1. The maximum absolute atomic E-state index is 14.3. The smallest absolute Gasteiger partial charge is 0.241 e. The summed E-state index contributed by atoms with van der Waals surface area (Å²) in [6.45, 7) is 4.14. The molecule has 3 nitrogen and oxygen atoms in total. The largest absolute Gasteiger partial charge is 0.508 e. The molecule has 32 heavy (non-hydrogen) atoms. The van der Waals surface area contributed by atoms with Crippen molar-refractivity contribution in [2.24, 2.45) is 0 Å². The number of aryl methyl sites for hydroxylation is 2. The molecule has 164 valence electrons. The van der Waals surface area contributed by atoms with E-state index in [1.807, 2.05) is 18.2 Å². The highest BCUT2D eigenvalue weighted by atomic mass is 16.3. The van der Waals surface area contributed by atoms with Crippen LogP contribution < -0.4 is 0 Å². The minimum atomic E-state index is -0.836. The van der Waals surface area contributed by atoms with E-state index < -0.39 is 5.41 Å². The van der Waals surface area contributed by atoms with Crippen LogP contribution in [0.4, 0.5) is 0 Å². The Morgan fingerprint density at radius 3 is 1.84 bits per heavy atom. The summed E-state index contributed by atoms with van der Waals surface area (Å²) in [6.07, 6.45) is 5.62. The second kappa shape index (κ2) is 8.12. The summed E-state index contributed by atoms with van der Waals surface area (Å²) in [4.78, 5) is 16.4. The van der Waals surface area contributed by atoms with Gasteiger partial charge in [-0.05, 0) is 43.9 Å². The molecular weight excluding hydrogens is 394 g/mol. The van der Waals surface area contributed by atoms with Crippen LogP contribution in [0.2, 0.25) is 0 Å². The van der Waals surface area contributed by atoms with Crippen molar-refractivity contribution in [2.75, 3.05) is 0 Å². The van der Waals surface area contributed by atoms with E-state index in [1.165, 1.54) is 17.5 Å². The van der Waals surface area contributed by atoms with Gasteiger partial charge in [0.25, 0.3) is 0 Å². The number of aromatic hydroxyl groups is 1. The topological polar surface area (TPSA) is 40.5 Å². The summed E-state index contributed by atoms with van der Waals surface area (Å²) in [5.41, 5.74) is 4.33. The van der Waals surface area contributed by atoms with Crippen molar-refractivity contribution < 1.29 is 9.90 Å². The Morgan fingerprint density at radius 1 is 0.781 bits per heavy atom. The molecule has 1 saturated carbocycles. The lowest BCUT2D eigenvalue weighted by Crippen LogP contribution is -2.69. The predicted molar refractivity (Wildman–Crippen MR) is 128 cm³/mol. The molecule has 1 unspecified atom stereocenters. The fourth-order valence-corrected chi connectivity index (χ4v) is 5.78. The van der Waals surface area contributed by atoms with Crippen LogP contribution in [0.15, 0.2) is 72.8 Å². The van der Waals surface area contributed by atoms with Crippen molar-refractivity contribution in [1.29, 1.82) is 0 Å². The number of nitrogens with zero attached hydrogens (tertiary/aromatic N) is 1. The van der Waals surface area contributed by atoms with Crippen LogP contribution in [0, 0.1) is 13.8 Å². The zero-order chi connectivity index (χ0) is 22.3. The fourth-order valence-electron chi connectivity index (χ4n) is 5.78. The molecule has 1 amide bonds. The van der Waals surface area contributed by atoms with Gasteiger partial charge in [0.15, 0.2) is 0 Å². The Morgan fingerprint density at radius 2 is 1.31 bits per heavy atom. The van der Waals surface area contributed by atoms with Gasteiger partial charge in [0.2, 0.25) is 5.91 Å². The molecule has 1 aliphatic heterocycles. The highest BCUT2D eigenvalue weighted by Gasteiger charge is 2.64. The van der Waals surface area contributed by atoms with Crippen molar-refractivity contribution >= 4 is 5.91 Å². The number of rotatable bonds is 4. The summed E-state index contributed by atoms with van der Waals surface area (Å²) >= 11 is 0. The molecule has 1 atom stereocenters. The van der Waals surface area contributed by atoms with Crippen LogP contribution in [0.3, 0.4) is 0 Å². The van der Waals surface area contributed by atoms with Gasteiger partial charge in [-0.25, -0.2) is 0 Å². The van der Waals surface area contributed by atoms with Gasteiger partial charge in [-0.15, -0.1) is 0 Å². The van der Waals surface area contributed by atoms with E-state index in [0.29, 0.717) is 0 Å². The van der Waals surface area contributed by atoms with Crippen molar-refractivity contribution in [3.05, 3.63) is 101 Å². The zero-order valence-corrected chi connectivity index (χ0v) is 18.9. The number of phenols is 1. The zero-order valence-electron chi connectivity index (χ0n) is 18.9. The number of hydrogen-bond donors (Lipinski definition) is 1. The molecule has 2 aliphatic rings. The predicted octanol–water partition coefficient (Wildman–Crippen LogP) is 6.21. The number of para-hydroxylation sites is 1. The van der Waals surface area contributed by atoms with E-state index in [2.05, 4.69) is 67.3 Å². The van der Waals surface area contributed by atoms with Crippen LogP contribution in [0.1, 0.15) is 66.0 Å². The third-order valence-electron chi connectivity index (χ3n) is 7.47. The number of phenolic OH excluding ortho intramolecular Hbond substituents is 1. The molecule has 2 fully saturated rings. The summed E-state index contributed by atoms with van der Waals surface area (Å²) < 4.78 is 0. The normalized spacial score (nSPS) is 20.8. The minimum absolute atomic E-state index is 0.158. The quantitative estimate of drug-likeness (QED) is 0.505. The summed E-state index contributed by atoms with van der Waals surface area (Å²) in [5.74, 6) is 0.416. The van der Waals surface area contributed by atoms with Gasteiger partial charge in [-0.3, -0.25) is 4.79 Å². The molecule has 0 aromatic heterocycles. The van der Waals surface area contributed by atoms with Crippen LogP contribution in [0.25, 0.3) is 0 Å². The molecule has 0 radical (unpaired) electrons. The van der Waals surface area contributed by atoms with Crippen molar-refractivity contribution in [2.45, 2.75) is 63.5 Å². The molecule has 1 heterocycles. The number of hydrogen-bond acceptors (Lipinski definition) is 2. The number of likely N-dealkylation sites (tertiary alicyclic amines) is 1. The molecule has 5 rings (SSSR count). The van der Waals surface area contributed by atoms with Crippen LogP contribution >= 0.6 is 0 Å². The van der Waals surface area contributed by atoms with E-state index in [9.17, 15) is 9.90 Å². The fraction of sp³-hybridized carbons (Fsp3) is 0.345. The monoisotopic (exact) mass is 425 g/mol. The van der Waals surface area contributed by atoms with Crippen molar-refractivity contribution in [3.8, 4) is 5.75 Å². The molecule has 1 aliphatic carbocycles. The lowest BCUT2D eigenvalue weighted by Gasteiger charge is -2.60. The summed E-state index contributed by atoms with van der Waals surface area (Å²) in [5, 5.41) is 10.9. The molecule has 1 N–H and O–H groups in total. The third kappa shape index (κ3) is 3.14. The first kappa shape index (κ1) is 20.8. The summed E-state index contributed by atoms with van der Waals surface area (Å²) in [7, 11) is 0. The molecule has 3 aromatic rings. The van der Waals surface area contributed by atoms with E-state index in [4.69, 9.17) is 0 Å². The van der Waals surface area contributed by atoms with Gasteiger partial charge in [0.05, 0.1) is 6.04 Å². The van der Waals surface area contributed by atoms with Gasteiger partial charge < -0.3 is 10.0 Å². The van der Waals surface area contributed by atoms with E-state index in [1.54, 1.807) is 6.07 Å². The van der Waals surface area contributed by atoms with Crippen LogP contribution in [-0.4, -0.2) is 22.0 Å². The minimum Gasteiger partial charge on any atom is -0.508 e. The first-order valence-corrected chi connectivity index (χ1v) is 11.8. The Bertz CT molecular complexity index is 1070. The molecular formula is C29H31NO2. The Kier molecular flexibility index (Phi) is 5.28. The molecule has 3 heteroatoms. The van der Waals surface area contributed by atoms with Crippen LogP contribution in [0.5, 0.6) is 5.75 Å². The van der Waals surface area contributed by atoms with E-state index in [0.717, 1.165) is 42.4 Å². The SMILES string of the molecule is Cc1ccc(C2(c3ccc(C)cc3)C(=O)N(C3CCCCC3)C2c2ccccc2O)cc1. The van der Waals surface area contributed by atoms with Gasteiger partial charge in [-0.1, -0.05) is 97.1 Å². The van der Waals surface area contributed by atoms with Crippen LogP contribution in [-0.2, 0) is 10.2 Å². The number of amides is 1. The molecule has 0 bridgehead atoms. The highest BCUT2D eigenvalue weighted by molar-refractivity contribution is 6.00. The van der Waals surface area contributed by atoms with E-state index in [-0.39, 0.29) is 23.7 Å². The number of carbonyl (C=O) groups is 1. The van der Waals surface area contributed by atoms with E-state index >= 15 is 0 Å². The Hall–Kier alpha value is -3.07. The average molecular weight is 426 g/mol. The molecule has 0 spiro atoms. The van der Waals surface area contributed by atoms with Gasteiger partial charge in [0, 0.05) is 11.6 Å². The summed E-state index contributed by atoms with van der Waals surface area (Å²) in [6, 6.07) is 24.3. The second-order valence-electron chi connectivity index (χ2n) is 9.51. The second-order valence-corrected chi connectivity index (χ2v) is 9.51. The van der Waals surface area contributed by atoms with Gasteiger partial charge in [-0.2, -0.15) is 0 Å². The highest BCUT2D eigenvalue weighted by Crippen LogP contribution is 2.59. The first-order valence-electron chi connectivity index (χ1n) is 11.8. The van der Waals surface area contributed by atoms with Crippen molar-refractivity contribution in [1.82, 2.24) is 4.90 Å². The maximum Gasteiger partial charge on any atom is 0.241 e. The lowest BCUT2D eigenvalue weighted by atomic mass is 9.58. The standard InChI is InChI=1S/C29H31NO2/c1-20-12-16-22(17-13-20)29(23-18-14-21(2)15-19-23)27(25-10-6-7-11-26(25)31)30(28(29)32)24-8-4-3-5-9-24/h6-7,10-19,24,27,31H,3-5,8-9H2,1-2H3. The third-order valence-corrected chi connectivity index (χ3v) is 7.47. The van der Waals surface area contributed by atoms with Crippen molar-refractivity contribution in [3.63, 3.8) is 0 Å². The molecule has 3 aromatic carbocycles. The Balaban J connectivity index is 1.74. The first-order chi connectivity index (χ1) is 15.5. The maximum atomic E-state index is 14.3. The lowest BCUT2D eigenvalue weighted by molar-refractivity contribution is -0.164. The molecule has 1 saturated heterocycles. The van der Waals surface area contributed by atoms with Gasteiger partial charge in [0.1, 0.15) is 11.2 Å².